The number of sulfone groups is 1. The van der Waals surface area contributed by atoms with Gasteiger partial charge in [-0.25, -0.2) is 8.42 Å². The molecule has 1 aliphatic heterocycles. The van der Waals surface area contributed by atoms with Crippen molar-refractivity contribution in [1.29, 1.82) is 0 Å². The minimum absolute atomic E-state index is 0.0301. The summed E-state index contributed by atoms with van der Waals surface area (Å²) in [7, 11) is -1.48. The zero-order valence-electron chi connectivity index (χ0n) is 12.2. The normalized spacial score (nSPS) is 20.6. The predicted molar refractivity (Wildman–Crippen MR) is 83.4 cm³/mol. The Bertz CT molecular complexity index is 605. The predicted octanol–water partition coefficient (Wildman–Crippen LogP) is 0.914. The van der Waals surface area contributed by atoms with Crippen LogP contribution in [0.1, 0.15) is 21.0 Å². The maximum absolute atomic E-state index is 12.6. The third-order valence-corrected chi connectivity index (χ3v) is 6.42. The third-order valence-electron chi connectivity index (χ3n) is 3.61. The fourth-order valence-corrected chi connectivity index (χ4v) is 5.03. The Morgan fingerprint density at radius 1 is 1.57 bits per heavy atom. The Labute approximate surface area is 128 Å². The molecule has 0 bridgehead atoms. The molecule has 8 heteroatoms. The van der Waals surface area contributed by atoms with Gasteiger partial charge in [0.25, 0.3) is 5.91 Å². The molecule has 0 saturated carbocycles. The molecular formula is C13H20N2O4S2. The van der Waals surface area contributed by atoms with Gasteiger partial charge in [0.05, 0.1) is 23.0 Å². The average Bonchev–Trinajstić information content (AvgIpc) is 2.93. The van der Waals surface area contributed by atoms with Crippen molar-refractivity contribution in [3.63, 3.8) is 0 Å². The fourth-order valence-electron chi connectivity index (χ4n) is 2.40. The van der Waals surface area contributed by atoms with E-state index in [2.05, 4.69) is 0 Å². The van der Waals surface area contributed by atoms with Gasteiger partial charge in [0.2, 0.25) is 0 Å². The summed E-state index contributed by atoms with van der Waals surface area (Å²) in [6.45, 7) is 2.62. The van der Waals surface area contributed by atoms with E-state index in [1.807, 2.05) is 6.92 Å². The first kappa shape index (κ1) is 16.3. The van der Waals surface area contributed by atoms with Crippen LogP contribution in [0.25, 0.3) is 0 Å². The maximum Gasteiger partial charge on any atom is 0.264 e. The zero-order valence-corrected chi connectivity index (χ0v) is 13.8. The number of nitrogen functional groups attached to an aromatic ring is 1. The van der Waals surface area contributed by atoms with E-state index in [1.165, 1.54) is 11.3 Å². The lowest BCUT2D eigenvalue weighted by atomic mass is 10.2. The lowest BCUT2D eigenvalue weighted by Gasteiger charge is -2.27. The van der Waals surface area contributed by atoms with Crippen LogP contribution in [0.4, 0.5) is 5.69 Å². The van der Waals surface area contributed by atoms with E-state index in [0.29, 0.717) is 30.1 Å². The van der Waals surface area contributed by atoms with E-state index >= 15 is 0 Å². The molecule has 0 spiro atoms. The van der Waals surface area contributed by atoms with Gasteiger partial charge >= 0.3 is 0 Å². The first-order valence-corrected chi connectivity index (χ1v) is 9.34. The van der Waals surface area contributed by atoms with E-state index in [4.69, 9.17) is 10.5 Å². The maximum atomic E-state index is 12.6. The van der Waals surface area contributed by atoms with Crippen LogP contribution in [0.15, 0.2) is 6.07 Å². The Balaban J connectivity index is 2.21. The summed E-state index contributed by atoms with van der Waals surface area (Å²) in [6.07, 6.45) is 0.484. The summed E-state index contributed by atoms with van der Waals surface area (Å²) in [5.41, 5.74) is 6.39. The number of amides is 1. The molecule has 1 aromatic heterocycles. The van der Waals surface area contributed by atoms with Crippen molar-refractivity contribution in [3.8, 4) is 0 Å². The lowest BCUT2D eigenvalue weighted by molar-refractivity contribution is 0.0629. The standard InChI is InChI=1S/C13H20N2O4S2/c1-9-11(14)7-12(20-9)13(16)15(4-5-19-2)10-3-6-21(17,18)8-10/h7,10H,3-6,8,14H2,1-2H3. The second kappa shape index (κ2) is 6.33. The van der Waals surface area contributed by atoms with E-state index in [1.54, 1.807) is 18.1 Å². The Morgan fingerprint density at radius 2 is 2.29 bits per heavy atom. The summed E-state index contributed by atoms with van der Waals surface area (Å²) in [6, 6.07) is 1.38. The van der Waals surface area contributed by atoms with E-state index in [0.717, 1.165) is 4.88 Å². The number of ether oxygens (including phenoxy) is 1. The van der Waals surface area contributed by atoms with Crippen LogP contribution in [0.2, 0.25) is 0 Å². The molecule has 1 aliphatic rings. The van der Waals surface area contributed by atoms with Gasteiger partial charge < -0.3 is 15.4 Å². The highest BCUT2D eigenvalue weighted by Crippen LogP contribution is 2.27. The average molecular weight is 332 g/mol. The summed E-state index contributed by atoms with van der Waals surface area (Å²) in [5.74, 6) is 0.00134. The molecule has 1 saturated heterocycles. The molecular weight excluding hydrogens is 312 g/mol. The highest BCUT2D eigenvalue weighted by Gasteiger charge is 2.35. The summed E-state index contributed by atoms with van der Waals surface area (Å²) in [5, 5.41) is 0. The Hall–Kier alpha value is -1.12. The lowest BCUT2D eigenvalue weighted by Crippen LogP contribution is -2.42. The number of aryl methyl sites for hydroxylation is 1. The molecule has 118 valence electrons. The van der Waals surface area contributed by atoms with Crippen LogP contribution in [0.5, 0.6) is 0 Å². The molecule has 1 fully saturated rings. The Kier molecular flexibility index (Phi) is 4.90. The molecule has 21 heavy (non-hydrogen) atoms. The molecule has 1 atom stereocenters. The van der Waals surface area contributed by atoms with Gasteiger partial charge in [0.15, 0.2) is 9.84 Å². The SMILES string of the molecule is COCCN(C(=O)c1cc(N)c(C)s1)C1CCS(=O)(=O)C1. The topological polar surface area (TPSA) is 89.7 Å². The van der Waals surface area contributed by atoms with Crippen LogP contribution in [0.3, 0.4) is 0 Å². The van der Waals surface area contributed by atoms with Gasteiger partial charge in [-0.3, -0.25) is 4.79 Å². The van der Waals surface area contributed by atoms with Crippen LogP contribution in [0, 0.1) is 6.92 Å². The number of rotatable bonds is 5. The molecule has 2 N–H and O–H groups in total. The molecule has 2 rings (SSSR count). The number of thiophene rings is 1. The Morgan fingerprint density at radius 3 is 2.76 bits per heavy atom. The number of carbonyl (C=O) groups excluding carboxylic acids is 1. The fraction of sp³-hybridized carbons (Fsp3) is 0.615. The summed E-state index contributed by atoms with van der Waals surface area (Å²) >= 11 is 1.34. The summed E-state index contributed by atoms with van der Waals surface area (Å²) < 4.78 is 28.3. The van der Waals surface area contributed by atoms with Crippen molar-refractivity contribution in [2.24, 2.45) is 0 Å². The number of hydrogen-bond acceptors (Lipinski definition) is 6. The van der Waals surface area contributed by atoms with Gasteiger partial charge in [-0.05, 0) is 19.4 Å². The van der Waals surface area contributed by atoms with Gasteiger partial charge in [-0.1, -0.05) is 0 Å². The van der Waals surface area contributed by atoms with Gasteiger partial charge in [-0.15, -0.1) is 11.3 Å². The minimum atomic E-state index is -3.04. The largest absolute Gasteiger partial charge is 0.398 e. The van der Waals surface area contributed by atoms with E-state index in [-0.39, 0.29) is 23.5 Å². The van der Waals surface area contributed by atoms with E-state index < -0.39 is 9.84 Å². The summed E-state index contributed by atoms with van der Waals surface area (Å²) in [4.78, 5) is 15.7. The highest BCUT2D eigenvalue weighted by atomic mass is 32.2. The van der Waals surface area contributed by atoms with Crippen molar-refractivity contribution >= 4 is 32.8 Å². The van der Waals surface area contributed by atoms with Crippen LogP contribution in [-0.2, 0) is 14.6 Å². The van der Waals surface area contributed by atoms with Crippen molar-refractivity contribution in [3.05, 3.63) is 15.8 Å². The number of hydrogen-bond donors (Lipinski definition) is 1. The van der Waals surface area contributed by atoms with Gasteiger partial charge in [0.1, 0.15) is 0 Å². The molecule has 0 aromatic carbocycles. The van der Waals surface area contributed by atoms with Crippen LogP contribution < -0.4 is 5.73 Å². The molecule has 6 nitrogen and oxygen atoms in total. The van der Waals surface area contributed by atoms with E-state index in [9.17, 15) is 13.2 Å². The monoisotopic (exact) mass is 332 g/mol. The number of nitrogens with zero attached hydrogens (tertiary/aromatic N) is 1. The molecule has 1 aromatic rings. The first-order valence-electron chi connectivity index (χ1n) is 6.70. The van der Waals surface area contributed by atoms with Crippen molar-refractivity contribution < 1.29 is 17.9 Å². The highest BCUT2D eigenvalue weighted by molar-refractivity contribution is 7.91. The van der Waals surface area contributed by atoms with Crippen LogP contribution >= 0.6 is 11.3 Å². The van der Waals surface area contributed by atoms with Crippen molar-refractivity contribution in [2.75, 3.05) is 37.5 Å². The van der Waals surface area contributed by atoms with Gasteiger partial charge in [0, 0.05) is 30.3 Å². The number of anilines is 1. The molecule has 1 unspecified atom stereocenters. The molecule has 0 radical (unpaired) electrons. The quantitative estimate of drug-likeness (QED) is 0.866. The number of carbonyl (C=O) groups is 1. The zero-order chi connectivity index (χ0) is 15.6. The second-order valence-electron chi connectivity index (χ2n) is 5.17. The number of methoxy groups -OCH3 is 1. The van der Waals surface area contributed by atoms with Gasteiger partial charge in [-0.2, -0.15) is 0 Å². The first-order chi connectivity index (χ1) is 9.84. The molecule has 2 heterocycles. The molecule has 0 aliphatic carbocycles. The van der Waals surface area contributed by atoms with Crippen molar-refractivity contribution in [2.45, 2.75) is 19.4 Å². The minimum Gasteiger partial charge on any atom is -0.398 e. The van der Waals surface area contributed by atoms with Crippen molar-refractivity contribution in [1.82, 2.24) is 4.90 Å². The van der Waals surface area contributed by atoms with Crippen LogP contribution in [-0.4, -0.2) is 57.0 Å². The third kappa shape index (κ3) is 3.75. The second-order valence-corrected chi connectivity index (χ2v) is 8.66. The molecule has 1 amide bonds. The smallest absolute Gasteiger partial charge is 0.264 e. The number of nitrogens with two attached hydrogens (primary N) is 1.